The number of thiophene rings is 1. The molecule has 1 aromatic rings. The van der Waals surface area contributed by atoms with Crippen LogP contribution in [0.3, 0.4) is 0 Å². The van der Waals surface area contributed by atoms with E-state index in [1.54, 1.807) is 17.8 Å². The van der Waals surface area contributed by atoms with Crippen LogP contribution < -0.4 is 5.32 Å². The Bertz CT molecular complexity index is 542. The molecule has 116 valence electrons. The van der Waals surface area contributed by atoms with E-state index in [1.165, 1.54) is 11.3 Å². The number of hydrogen-bond acceptors (Lipinski definition) is 4. The van der Waals surface area contributed by atoms with Crippen molar-refractivity contribution in [1.29, 1.82) is 0 Å². The monoisotopic (exact) mass is 367 g/mol. The van der Waals surface area contributed by atoms with Gasteiger partial charge in [-0.1, -0.05) is 23.2 Å². The Labute approximate surface area is 141 Å². The van der Waals surface area contributed by atoms with Crippen LogP contribution in [0.15, 0.2) is 6.07 Å². The van der Waals surface area contributed by atoms with Gasteiger partial charge in [0.25, 0.3) is 0 Å². The molecule has 0 aliphatic carbocycles. The maximum absolute atomic E-state index is 11.9. The summed E-state index contributed by atoms with van der Waals surface area (Å²) in [7, 11) is 0. The minimum atomic E-state index is -1.09. The van der Waals surface area contributed by atoms with Crippen molar-refractivity contribution in [2.75, 3.05) is 11.5 Å². The third-order valence-electron chi connectivity index (χ3n) is 3.39. The van der Waals surface area contributed by atoms with Crippen LogP contribution in [-0.4, -0.2) is 34.0 Å². The molecule has 0 aromatic carbocycles. The molecular formula is C13H15Cl2NO3S2. The van der Waals surface area contributed by atoms with Gasteiger partial charge in [0.2, 0.25) is 5.91 Å². The first-order chi connectivity index (χ1) is 9.93. The predicted octanol–water partition coefficient (Wildman–Crippen LogP) is 3.45. The summed E-state index contributed by atoms with van der Waals surface area (Å²) in [6.07, 6.45) is 2.03. The number of amides is 1. The lowest BCUT2D eigenvalue weighted by Crippen LogP contribution is -2.54. The summed E-state index contributed by atoms with van der Waals surface area (Å²) in [5, 5.41) is 12.0. The predicted molar refractivity (Wildman–Crippen MR) is 87.7 cm³/mol. The zero-order chi connectivity index (χ0) is 15.5. The molecule has 1 aliphatic heterocycles. The van der Waals surface area contributed by atoms with E-state index in [-0.39, 0.29) is 12.3 Å². The standard InChI is InChI=1S/C13H15Cl2NO3S2/c14-9-6-8(11(15)21-9)2-1-3-10(17)16-13(12(18)19)4-5-20-7-13/h6H,1-5,7H2,(H,16,17)(H,18,19). The molecule has 1 saturated heterocycles. The molecule has 0 saturated carbocycles. The van der Waals surface area contributed by atoms with Crippen LogP contribution in [0.2, 0.25) is 8.67 Å². The van der Waals surface area contributed by atoms with Crippen molar-refractivity contribution in [1.82, 2.24) is 5.32 Å². The third kappa shape index (κ3) is 4.28. The van der Waals surface area contributed by atoms with Gasteiger partial charge in [-0.15, -0.1) is 11.3 Å². The molecule has 0 radical (unpaired) electrons. The third-order valence-corrected chi connectivity index (χ3v) is 6.15. The first-order valence-electron chi connectivity index (χ1n) is 6.49. The van der Waals surface area contributed by atoms with Gasteiger partial charge in [-0.25, -0.2) is 4.79 Å². The summed E-state index contributed by atoms with van der Waals surface area (Å²) in [6, 6.07) is 1.80. The molecule has 1 atom stereocenters. The molecule has 2 N–H and O–H groups in total. The molecule has 1 aromatic heterocycles. The second kappa shape index (κ2) is 7.22. The van der Waals surface area contributed by atoms with Gasteiger partial charge in [-0.05, 0) is 36.6 Å². The first kappa shape index (κ1) is 16.9. The number of thioether (sulfide) groups is 1. The SMILES string of the molecule is O=C(CCCc1cc(Cl)sc1Cl)NC1(C(=O)O)CCSC1. The maximum Gasteiger partial charge on any atom is 0.330 e. The number of halogens is 2. The quantitative estimate of drug-likeness (QED) is 0.807. The van der Waals surface area contributed by atoms with Crippen LogP contribution >= 0.6 is 46.3 Å². The Hall–Kier alpha value is -0.430. The highest BCUT2D eigenvalue weighted by Gasteiger charge is 2.43. The first-order valence-corrected chi connectivity index (χ1v) is 9.21. The molecular weight excluding hydrogens is 353 g/mol. The summed E-state index contributed by atoms with van der Waals surface area (Å²) < 4.78 is 1.28. The number of rotatable bonds is 6. The fourth-order valence-corrected chi connectivity index (χ4v) is 5.07. The Balaban J connectivity index is 1.82. The number of carboxylic acid groups (broad SMARTS) is 1. The second-order valence-corrected chi connectivity index (χ2v) is 8.33. The summed E-state index contributed by atoms with van der Waals surface area (Å²) in [4.78, 5) is 23.3. The Kier molecular flexibility index (Phi) is 5.82. The minimum absolute atomic E-state index is 0.225. The highest BCUT2D eigenvalue weighted by Crippen LogP contribution is 2.32. The van der Waals surface area contributed by atoms with Crippen molar-refractivity contribution in [3.05, 3.63) is 20.3 Å². The summed E-state index contributed by atoms with van der Waals surface area (Å²) in [6.45, 7) is 0. The van der Waals surface area contributed by atoms with Crippen LogP contribution in [0.4, 0.5) is 0 Å². The van der Waals surface area contributed by atoms with E-state index >= 15 is 0 Å². The van der Waals surface area contributed by atoms with Gasteiger partial charge in [0, 0.05) is 12.2 Å². The molecule has 0 bridgehead atoms. The number of carboxylic acids is 1. The van der Waals surface area contributed by atoms with Crippen molar-refractivity contribution < 1.29 is 14.7 Å². The van der Waals surface area contributed by atoms with E-state index in [0.29, 0.717) is 33.7 Å². The molecule has 1 unspecified atom stereocenters. The zero-order valence-electron chi connectivity index (χ0n) is 11.2. The van der Waals surface area contributed by atoms with Crippen molar-refractivity contribution >= 4 is 58.2 Å². The molecule has 8 heteroatoms. The number of aryl methyl sites for hydroxylation is 1. The summed E-state index contributed by atoms with van der Waals surface area (Å²) >= 11 is 14.7. The molecule has 4 nitrogen and oxygen atoms in total. The maximum atomic E-state index is 11.9. The largest absolute Gasteiger partial charge is 0.479 e. The van der Waals surface area contributed by atoms with E-state index in [1.807, 2.05) is 0 Å². The topological polar surface area (TPSA) is 66.4 Å². The normalized spacial score (nSPS) is 21.4. The molecule has 2 heterocycles. The highest BCUT2D eigenvalue weighted by atomic mass is 35.5. The van der Waals surface area contributed by atoms with E-state index in [2.05, 4.69) is 5.32 Å². The van der Waals surface area contributed by atoms with Crippen molar-refractivity contribution in [3.63, 3.8) is 0 Å². The van der Waals surface area contributed by atoms with Crippen LogP contribution in [0.25, 0.3) is 0 Å². The molecule has 2 rings (SSSR count). The van der Waals surface area contributed by atoms with Crippen LogP contribution in [0.5, 0.6) is 0 Å². The molecule has 1 amide bonds. The second-order valence-electron chi connectivity index (χ2n) is 4.94. The van der Waals surface area contributed by atoms with E-state index in [4.69, 9.17) is 23.2 Å². The van der Waals surface area contributed by atoms with Gasteiger partial charge in [0.05, 0.1) is 8.67 Å². The number of hydrogen-bond donors (Lipinski definition) is 2. The lowest BCUT2D eigenvalue weighted by atomic mass is 9.98. The average Bonchev–Trinajstić information content (AvgIpc) is 2.98. The Morgan fingerprint density at radius 2 is 2.19 bits per heavy atom. The lowest BCUT2D eigenvalue weighted by Gasteiger charge is -2.24. The van der Waals surface area contributed by atoms with Crippen LogP contribution in [-0.2, 0) is 16.0 Å². The molecule has 21 heavy (non-hydrogen) atoms. The molecule has 1 aliphatic rings. The number of carbonyl (C=O) groups excluding carboxylic acids is 1. The Morgan fingerprint density at radius 3 is 2.71 bits per heavy atom. The molecule has 0 spiro atoms. The minimum Gasteiger partial charge on any atom is -0.479 e. The van der Waals surface area contributed by atoms with Gasteiger partial charge >= 0.3 is 5.97 Å². The summed E-state index contributed by atoms with van der Waals surface area (Å²) in [5.74, 6) is 0.0150. The van der Waals surface area contributed by atoms with Gasteiger partial charge in [0.15, 0.2) is 0 Å². The average molecular weight is 368 g/mol. The van der Waals surface area contributed by atoms with E-state index in [9.17, 15) is 14.7 Å². The van der Waals surface area contributed by atoms with Gasteiger partial charge in [-0.3, -0.25) is 4.79 Å². The van der Waals surface area contributed by atoms with E-state index < -0.39 is 11.5 Å². The van der Waals surface area contributed by atoms with Gasteiger partial charge in [-0.2, -0.15) is 11.8 Å². The Morgan fingerprint density at radius 1 is 1.43 bits per heavy atom. The molecule has 1 fully saturated rings. The number of aliphatic carboxylic acids is 1. The van der Waals surface area contributed by atoms with Crippen molar-refractivity contribution in [3.8, 4) is 0 Å². The highest BCUT2D eigenvalue weighted by molar-refractivity contribution is 7.99. The van der Waals surface area contributed by atoms with Crippen LogP contribution in [0, 0.1) is 0 Å². The van der Waals surface area contributed by atoms with Crippen molar-refractivity contribution in [2.24, 2.45) is 0 Å². The fourth-order valence-electron chi connectivity index (χ4n) is 2.20. The lowest BCUT2D eigenvalue weighted by molar-refractivity contribution is -0.146. The van der Waals surface area contributed by atoms with E-state index in [0.717, 1.165) is 11.3 Å². The fraction of sp³-hybridized carbons (Fsp3) is 0.538. The van der Waals surface area contributed by atoms with Gasteiger partial charge < -0.3 is 10.4 Å². The zero-order valence-corrected chi connectivity index (χ0v) is 14.3. The smallest absolute Gasteiger partial charge is 0.330 e. The van der Waals surface area contributed by atoms with Crippen LogP contribution in [0.1, 0.15) is 24.8 Å². The number of carbonyl (C=O) groups is 2. The van der Waals surface area contributed by atoms with Gasteiger partial charge in [0.1, 0.15) is 5.54 Å². The number of nitrogens with one attached hydrogen (secondary N) is 1. The van der Waals surface area contributed by atoms with Crippen molar-refractivity contribution in [2.45, 2.75) is 31.2 Å². The summed E-state index contributed by atoms with van der Waals surface area (Å²) in [5.41, 5.74) is -0.158.